The third-order valence-corrected chi connectivity index (χ3v) is 4.80. The molecule has 1 aromatic heterocycles. The Morgan fingerprint density at radius 3 is 2.55 bits per heavy atom. The number of hydrogen-bond donors (Lipinski definition) is 1. The van der Waals surface area contributed by atoms with Gasteiger partial charge in [-0.05, 0) is 63.3 Å². The Hall–Kier alpha value is -1.54. The molecule has 106 valence electrons. The average Bonchev–Trinajstić information content (AvgIpc) is 2.66. The van der Waals surface area contributed by atoms with Crippen molar-refractivity contribution >= 4 is 0 Å². The maximum Gasteiger partial charge on any atom is 0.106 e. The molecule has 0 spiro atoms. The summed E-state index contributed by atoms with van der Waals surface area (Å²) in [6.45, 7) is 6.30. The quantitative estimate of drug-likeness (QED) is 0.900. The first-order chi connectivity index (χ1) is 9.61. The lowest BCUT2D eigenvalue weighted by Crippen LogP contribution is -2.25. The fourth-order valence-corrected chi connectivity index (χ4v) is 3.56. The minimum absolute atomic E-state index is 0.380. The molecule has 2 unspecified atom stereocenters. The summed E-state index contributed by atoms with van der Waals surface area (Å²) < 4.78 is 5.79. The van der Waals surface area contributed by atoms with Crippen molar-refractivity contribution in [1.29, 1.82) is 0 Å². The van der Waals surface area contributed by atoms with Crippen LogP contribution in [0, 0.1) is 20.8 Å². The monoisotopic (exact) mass is 269 g/mol. The van der Waals surface area contributed by atoms with E-state index in [9.17, 15) is 0 Å². The summed E-state index contributed by atoms with van der Waals surface area (Å²) in [5.41, 5.74) is 5.70. The second-order valence-corrected chi connectivity index (χ2v) is 5.93. The van der Waals surface area contributed by atoms with Crippen molar-refractivity contribution < 1.29 is 4.42 Å². The molecule has 1 heterocycles. The highest BCUT2D eigenvalue weighted by molar-refractivity contribution is 5.41. The van der Waals surface area contributed by atoms with Gasteiger partial charge in [-0.3, -0.25) is 0 Å². The van der Waals surface area contributed by atoms with Crippen LogP contribution in [0.15, 0.2) is 28.7 Å². The van der Waals surface area contributed by atoms with Gasteiger partial charge < -0.3 is 9.73 Å². The Labute approximate surface area is 121 Å². The van der Waals surface area contributed by atoms with E-state index in [-0.39, 0.29) is 0 Å². The molecule has 2 atom stereocenters. The predicted molar refractivity (Wildman–Crippen MR) is 82.2 cm³/mol. The van der Waals surface area contributed by atoms with E-state index in [1.54, 1.807) is 0 Å². The SMILES string of the molecule is CNC(CC1Cc2ccccc21)c1c(C)oc(C)c1C. The Morgan fingerprint density at radius 1 is 1.20 bits per heavy atom. The molecule has 0 radical (unpaired) electrons. The lowest BCUT2D eigenvalue weighted by molar-refractivity contribution is 0.439. The van der Waals surface area contributed by atoms with Crippen molar-refractivity contribution in [1.82, 2.24) is 5.32 Å². The Kier molecular flexibility index (Phi) is 3.43. The third kappa shape index (κ3) is 2.08. The fraction of sp³-hybridized carbons (Fsp3) is 0.444. The topological polar surface area (TPSA) is 25.2 Å². The third-order valence-electron chi connectivity index (χ3n) is 4.80. The van der Waals surface area contributed by atoms with Gasteiger partial charge >= 0.3 is 0 Å². The highest BCUT2D eigenvalue weighted by Crippen LogP contribution is 2.42. The number of aryl methyl sites for hydroxylation is 2. The highest BCUT2D eigenvalue weighted by atomic mass is 16.3. The number of nitrogens with one attached hydrogen (secondary N) is 1. The van der Waals surface area contributed by atoms with Gasteiger partial charge in [0.1, 0.15) is 11.5 Å². The maximum atomic E-state index is 5.79. The molecule has 20 heavy (non-hydrogen) atoms. The molecule has 0 aliphatic heterocycles. The van der Waals surface area contributed by atoms with Crippen LogP contribution in [0.1, 0.15) is 52.2 Å². The summed E-state index contributed by atoms with van der Waals surface area (Å²) in [6, 6.07) is 9.19. The van der Waals surface area contributed by atoms with E-state index in [4.69, 9.17) is 4.42 Å². The van der Waals surface area contributed by atoms with Gasteiger partial charge in [0.2, 0.25) is 0 Å². The van der Waals surface area contributed by atoms with Gasteiger partial charge in [-0.25, -0.2) is 0 Å². The number of rotatable bonds is 4. The molecule has 3 rings (SSSR count). The van der Waals surface area contributed by atoms with Gasteiger partial charge in [0.15, 0.2) is 0 Å². The van der Waals surface area contributed by atoms with E-state index in [0.717, 1.165) is 17.9 Å². The van der Waals surface area contributed by atoms with Crippen molar-refractivity contribution in [2.45, 2.75) is 45.6 Å². The first-order valence-corrected chi connectivity index (χ1v) is 7.43. The van der Waals surface area contributed by atoms with Crippen LogP contribution >= 0.6 is 0 Å². The van der Waals surface area contributed by atoms with Crippen LogP contribution in [0.3, 0.4) is 0 Å². The van der Waals surface area contributed by atoms with E-state index in [0.29, 0.717) is 12.0 Å². The zero-order chi connectivity index (χ0) is 14.3. The molecule has 0 fully saturated rings. The molecule has 0 amide bonds. The smallest absolute Gasteiger partial charge is 0.106 e. The largest absolute Gasteiger partial charge is 0.466 e. The van der Waals surface area contributed by atoms with Crippen LogP contribution in [-0.4, -0.2) is 7.05 Å². The van der Waals surface area contributed by atoms with Crippen molar-refractivity contribution in [3.05, 3.63) is 58.0 Å². The second-order valence-electron chi connectivity index (χ2n) is 5.93. The summed E-state index contributed by atoms with van der Waals surface area (Å²) in [4.78, 5) is 0. The van der Waals surface area contributed by atoms with E-state index in [2.05, 4.69) is 57.4 Å². The van der Waals surface area contributed by atoms with Crippen LogP contribution in [0.2, 0.25) is 0 Å². The molecule has 2 nitrogen and oxygen atoms in total. The number of fused-ring (bicyclic) bond motifs is 1. The van der Waals surface area contributed by atoms with E-state index < -0.39 is 0 Å². The second kappa shape index (κ2) is 5.10. The summed E-state index contributed by atoms with van der Waals surface area (Å²) in [5, 5.41) is 3.48. The molecule has 0 saturated heterocycles. The zero-order valence-electron chi connectivity index (χ0n) is 12.8. The van der Waals surface area contributed by atoms with Crippen LogP contribution in [-0.2, 0) is 6.42 Å². The summed E-state index contributed by atoms with van der Waals surface area (Å²) in [6.07, 6.45) is 2.36. The van der Waals surface area contributed by atoms with E-state index >= 15 is 0 Å². The summed E-state index contributed by atoms with van der Waals surface area (Å²) in [5.74, 6) is 2.79. The van der Waals surface area contributed by atoms with Crippen molar-refractivity contribution in [2.75, 3.05) is 7.05 Å². The Balaban J connectivity index is 1.82. The minimum atomic E-state index is 0.380. The van der Waals surface area contributed by atoms with Gasteiger partial charge in [-0.1, -0.05) is 24.3 Å². The molecule has 1 aliphatic carbocycles. The van der Waals surface area contributed by atoms with Gasteiger partial charge in [-0.2, -0.15) is 0 Å². The van der Waals surface area contributed by atoms with Crippen LogP contribution < -0.4 is 5.32 Å². The van der Waals surface area contributed by atoms with Gasteiger partial charge in [0.25, 0.3) is 0 Å². The van der Waals surface area contributed by atoms with E-state index in [1.807, 2.05) is 0 Å². The fourth-order valence-electron chi connectivity index (χ4n) is 3.56. The Bertz CT molecular complexity index is 626. The molecular weight excluding hydrogens is 246 g/mol. The van der Waals surface area contributed by atoms with Crippen molar-refractivity contribution in [3.8, 4) is 0 Å². The predicted octanol–water partition coefficient (Wildman–Crippen LogP) is 4.20. The molecule has 2 heteroatoms. The first-order valence-electron chi connectivity index (χ1n) is 7.43. The molecule has 2 aromatic rings. The molecule has 0 saturated carbocycles. The van der Waals surface area contributed by atoms with Crippen molar-refractivity contribution in [2.24, 2.45) is 0 Å². The summed E-state index contributed by atoms with van der Waals surface area (Å²) in [7, 11) is 2.05. The standard InChI is InChI=1S/C18H23NO/c1-11-12(2)20-13(3)18(11)17(19-4)10-15-9-14-7-5-6-8-16(14)15/h5-8,15,17,19H,9-10H2,1-4H3. The molecule has 1 aromatic carbocycles. The zero-order valence-corrected chi connectivity index (χ0v) is 12.8. The van der Waals surface area contributed by atoms with Gasteiger partial charge in [0.05, 0.1) is 0 Å². The lowest BCUT2D eigenvalue weighted by atomic mass is 9.73. The minimum Gasteiger partial charge on any atom is -0.466 e. The number of hydrogen-bond acceptors (Lipinski definition) is 2. The number of benzene rings is 1. The Morgan fingerprint density at radius 2 is 1.95 bits per heavy atom. The average molecular weight is 269 g/mol. The van der Waals surface area contributed by atoms with Crippen molar-refractivity contribution in [3.63, 3.8) is 0 Å². The number of furan rings is 1. The van der Waals surface area contributed by atoms with Crippen LogP contribution in [0.5, 0.6) is 0 Å². The first kappa shape index (κ1) is 13.4. The van der Waals surface area contributed by atoms with Gasteiger partial charge in [-0.15, -0.1) is 0 Å². The van der Waals surface area contributed by atoms with Crippen LogP contribution in [0.4, 0.5) is 0 Å². The highest BCUT2D eigenvalue weighted by Gasteiger charge is 2.30. The van der Waals surface area contributed by atoms with Gasteiger partial charge in [0, 0.05) is 11.6 Å². The molecule has 1 N–H and O–H groups in total. The molecule has 0 bridgehead atoms. The lowest BCUT2D eigenvalue weighted by Gasteiger charge is -2.33. The van der Waals surface area contributed by atoms with Crippen LogP contribution in [0.25, 0.3) is 0 Å². The maximum absolute atomic E-state index is 5.79. The van der Waals surface area contributed by atoms with E-state index in [1.165, 1.54) is 28.7 Å². The summed E-state index contributed by atoms with van der Waals surface area (Å²) >= 11 is 0. The molecule has 1 aliphatic rings. The normalized spacial score (nSPS) is 18.5. The molecular formula is C18H23NO.